The van der Waals surface area contributed by atoms with Gasteiger partial charge in [-0.2, -0.15) is 0 Å². The van der Waals surface area contributed by atoms with Crippen LogP contribution in [0.2, 0.25) is 5.02 Å². The Hall–Kier alpha value is -1.77. The highest BCUT2D eigenvalue weighted by molar-refractivity contribution is 7.99. The first-order valence-electron chi connectivity index (χ1n) is 8.55. The Morgan fingerprint density at radius 2 is 2.08 bits per heavy atom. The lowest BCUT2D eigenvalue weighted by molar-refractivity contribution is -0.113. The Morgan fingerprint density at radius 1 is 1.31 bits per heavy atom. The van der Waals surface area contributed by atoms with Crippen LogP contribution in [0.5, 0.6) is 0 Å². The van der Waals surface area contributed by atoms with Crippen LogP contribution in [0.1, 0.15) is 12.8 Å². The number of para-hydroxylation sites is 1. The van der Waals surface area contributed by atoms with E-state index in [0.717, 1.165) is 44.1 Å². The smallest absolute Gasteiger partial charge is 0.277 e. The summed E-state index contributed by atoms with van der Waals surface area (Å²) in [5, 5.41) is 11.6. The van der Waals surface area contributed by atoms with Crippen LogP contribution >= 0.6 is 23.4 Å². The second-order valence-corrected chi connectivity index (χ2v) is 7.31. The number of likely N-dealkylation sites (N-methyl/N-ethyl adjacent to an activating group) is 1. The first-order valence-corrected chi connectivity index (χ1v) is 9.91. The molecule has 0 bridgehead atoms. The molecule has 1 amide bonds. The Balaban J connectivity index is 1.66. The highest BCUT2D eigenvalue weighted by atomic mass is 35.5. The minimum Gasteiger partial charge on any atom is -0.416 e. The summed E-state index contributed by atoms with van der Waals surface area (Å²) in [6.45, 7) is 8.68. The molecule has 7 nitrogen and oxygen atoms in total. The van der Waals surface area contributed by atoms with Crippen molar-refractivity contribution in [1.82, 2.24) is 15.1 Å². The van der Waals surface area contributed by atoms with Crippen LogP contribution in [0.25, 0.3) is 0 Å². The van der Waals surface area contributed by atoms with Gasteiger partial charge in [0.05, 0.1) is 22.2 Å². The normalized spacial score (nSPS) is 15.3. The van der Waals surface area contributed by atoms with E-state index in [0.29, 0.717) is 16.1 Å². The number of nitrogens with zero attached hydrogens (tertiary/aromatic N) is 4. The van der Waals surface area contributed by atoms with E-state index in [9.17, 15) is 4.79 Å². The van der Waals surface area contributed by atoms with Crippen molar-refractivity contribution >= 4 is 40.6 Å². The van der Waals surface area contributed by atoms with Crippen molar-refractivity contribution in [2.24, 2.45) is 0 Å². The van der Waals surface area contributed by atoms with Crippen molar-refractivity contribution < 1.29 is 9.21 Å². The van der Waals surface area contributed by atoms with Gasteiger partial charge in [-0.15, -0.1) is 10.2 Å². The Morgan fingerprint density at radius 3 is 2.73 bits per heavy atom. The molecule has 140 valence electrons. The number of hydrogen-bond acceptors (Lipinski definition) is 7. The average Bonchev–Trinajstić information content (AvgIpc) is 3.06. The van der Waals surface area contributed by atoms with Crippen LogP contribution in [0.15, 0.2) is 27.8 Å². The molecule has 1 aliphatic heterocycles. The van der Waals surface area contributed by atoms with Gasteiger partial charge in [0, 0.05) is 33.1 Å². The molecule has 0 atom stereocenters. The molecule has 9 heteroatoms. The van der Waals surface area contributed by atoms with Crippen molar-refractivity contribution in [2.75, 3.05) is 48.7 Å². The number of aryl methyl sites for hydroxylation is 1. The van der Waals surface area contributed by atoms with Crippen LogP contribution < -0.4 is 10.2 Å². The molecule has 0 spiro atoms. The molecule has 26 heavy (non-hydrogen) atoms. The van der Waals surface area contributed by atoms with E-state index in [4.69, 9.17) is 16.0 Å². The number of rotatable bonds is 6. The second kappa shape index (κ2) is 8.75. The van der Waals surface area contributed by atoms with Gasteiger partial charge in [-0.1, -0.05) is 36.4 Å². The highest BCUT2D eigenvalue weighted by Gasteiger charge is 2.21. The molecule has 1 aromatic heterocycles. The molecule has 0 saturated carbocycles. The van der Waals surface area contributed by atoms with E-state index in [1.54, 1.807) is 6.92 Å². The zero-order chi connectivity index (χ0) is 18.5. The summed E-state index contributed by atoms with van der Waals surface area (Å²) in [4.78, 5) is 17.0. The fourth-order valence-electron chi connectivity index (χ4n) is 2.88. The number of piperazine rings is 1. The van der Waals surface area contributed by atoms with Gasteiger partial charge in [0.1, 0.15) is 0 Å². The summed E-state index contributed by atoms with van der Waals surface area (Å²) < 4.78 is 5.27. The summed E-state index contributed by atoms with van der Waals surface area (Å²) >= 11 is 7.66. The van der Waals surface area contributed by atoms with Crippen molar-refractivity contribution in [2.45, 2.75) is 19.1 Å². The monoisotopic (exact) mass is 395 g/mol. The van der Waals surface area contributed by atoms with Crippen molar-refractivity contribution in [3.05, 3.63) is 29.1 Å². The summed E-state index contributed by atoms with van der Waals surface area (Å²) in [6, 6.07) is 5.58. The number of benzene rings is 1. The van der Waals surface area contributed by atoms with E-state index in [1.165, 1.54) is 11.8 Å². The summed E-state index contributed by atoms with van der Waals surface area (Å²) in [7, 11) is 0. The third-order valence-electron chi connectivity index (χ3n) is 4.23. The molecule has 1 aromatic carbocycles. The lowest BCUT2D eigenvalue weighted by Gasteiger charge is -2.36. The number of hydrogen-bond donors (Lipinski definition) is 1. The lowest BCUT2D eigenvalue weighted by Crippen LogP contribution is -2.46. The van der Waals surface area contributed by atoms with Crippen LogP contribution in [0, 0.1) is 6.92 Å². The van der Waals surface area contributed by atoms with Gasteiger partial charge in [-0.05, 0) is 18.7 Å². The van der Waals surface area contributed by atoms with Gasteiger partial charge in [0.2, 0.25) is 11.8 Å². The molecule has 1 N–H and O–H groups in total. The maximum absolute atomic E-state index is 12.3. The van der Waals surface area contributed by atoms with E-state index >= 15 is 0 Å². The molecule has 1 fully saturated rings. The van der Waals surface area contributed by atoms with Gasteiger partial charge in [0.15, 0.2) is 0 Å². The standard InChI is InChI=1S/C17H22ClN5O2S/c1-3-22-7-9-23(10-8-22)16-13(18)5-4-6-14(16)19-15(24)11-26-17-21-20-12(2)25-17/h4-6H,3,7-11H2,1-2H3,(H,19,24). The van der Waals surface area contributed by atoms with Gasteiger partial charge in [-0.25, -0.2) is 0 Å². The van der Waals surface area contributed by atoms with Crippen molar-refractivity contribution in [1.29, 1.82) is 0 Å². The Labute approximate surface area is 162 Å². The Bertz CT molecular complexity index is 761. The van der Waals surface area contributed by atoms with Crippen molar-refractivity contribution in [3.8, 4) is 0 Å². The number of aromatic nitrogens is 2. The van der Waals surface area contributed by atoms with Crippen LogP contribution in [0.3, 0.4) is 0 Å². The maximum Gasteiger partial charge on any atom is 0.277 e. The van der Waals surface area contributed by atoms with Gasteiger partial charge in [-0.3, -0.25) is 4.79 Å². The molecular formula is C17H22ClN5O2S. The molecule has 2 aromatic rings. The number of carbonyl (C=O) groups is 1. The molecule has 1 aliphatic rings. The number of thioether (sulfide) groups is 1. The minimum atomic E-state index is -0.137. The number of halogens is 1. The molecule has 0 aliphatic carbocycles. The van der Waals surface area contributed by atoms with E-state index in [2.05, 4.69) is 32.2 Å². The zero-order valence-corrected chi connectivity index (χ0v) is 16.4. The molecule has 2 heterocycles. The molecule has 1 saturated heterocycles. The number of amides is 1. The van der Waals surface area contributed by atoms with Crippen LogP contribution in [0.4, 0.5) is 11.4 Å². The number of anilines is 2. The van der Waals surface area contributed by atoms with E-state index in [-0.39, 0.29) is 11.7 Å². The average molecular weight is 396 g/mol. The molecule has 3 rings (SSSR count). The van der Waals surface area contributed by atoms with E-state index in [1.807, 2.05) is 18.2 Å². The van der Waals surface area contributed by atoms with Crippen LogP contribution in [-0.4, -0.2) is 59.5 Å². The number of nitrogens with one attached hydrogen (secondary N) is 1. The highest BCUT2D eigenvalue weighted by Crippen LogP contribution is 2.34. The largest absolute Gasteiger partial charge is 0.416 e. The predicted molar refractivity (Wildman–Crippen MR) is 104 cm³/mol. The predicted octanol–water partition coefficient (Wildman–Crippen LogP) is 2.90. The quantitative estimate of drug-likeness (QED) is 0.753. The summed E-state index contributed by atoms with van der Waals surface area (Å²) in [6.07, 6.45) is 0. The SMILES string of the molecule is CCN1CCN(c2c(Cl)cccc2NC(=O)CSc2nnc(C)o2)CC1. The topological polar surface area (TPSA) is 74.5 Å². The Kier molecular flexibility index (Phi) is 6.39. The van der Waals surface area contributed by atoms with Crippen LogP contribution in [-0.2, 0) is 4.79 Å². The first kappa shape index (κ1) is 19.0. The first-order chi connectivity index (χ1) is 12.6. The van der Waals surface area contributed by atoms with E-state index < -0.39 is 0 Å². The number of carbonyl (C=O) groups excluding carboxylic acids is 1. The summed E-state index contributed by atoms with van der Waals surface area (Å²) in [5.74, 6) is 0.537. The fourth-order valence-corrected chi connectivity index (χ4v) is 3.77. The molecule has 0 radical (unpaired) electrons. The van der Waals surface area contributed by atoms with Gasteiger partial charge < -0.3 is 19.5 Å². The minimum absolute atomic E-state index is 0.137. The lowest BCUT2D eigenvalue weighted by atomic mass is 10.2. The fraction of sp³-hybridized carbons (Fsp3) is 0.471. The van der Waals surface area contributed by atoms with Gasteiger partial charge in [0.25, 0.3) is 5.22 Å². The zero-order valence-electron chi connectivity index (χ0n) is 14.9. The third-order valence-corrected chi connectivity index (χ3v) is 5.35. The second-order valence-electron chi connectivity index (χ2n) is 5.98. The van der Waals surface area contributed by atoms with Crippen molar-refractivity contribution in [3.63, 3.8) is 0 Å². The molecular weight excluding hydrogens is 374 g/mol. The summed E-state index contributed by atoms with van der Waals surface area (Å²) in [5.41, 5.74) is 1.62. The van der Waals surface area contributed by atoms with Gasteiger partial charge >= 0.3 is 0 Å². The molecule has 0 unspecified atom stereocenters. The third kappa shape index (κ3) is 4.69. The maximum atomic E-state index is 12.3.